The number of anilines is 1. The monoisotopic (exact) mass is 440 g/mol. The standard InChI is InChI=1S/C26H36N2O4/c1-8-16-26(5,6)23(29)27-19-10-9-11-21(17-19)32-24(30)28-22(25(2,3)4)18-12-14-20(31-7)15-13-18/h9-15,17,22H,8,16H2,1-7H3,(H,27,29)(H,28,30). The average Bonchev–Trinajstić information content (AvgIpc) is 2.71. The molecule has 0 fully saturated rings. The van der Waals surface area contributed by atoms with E-state index in [9.17, 15) is 9.59 Å². The van der Waals surface area contributed by atoms with Crippen LogP contribution in [0.5, 0.6) is 11.5 Å². The summed E-state index contributed by atoms with van der Waals surface area (Å²) in [6, 6.07) is 14.2. The van der Waals surface area contributed by atoms with E-state index >= 15 is 0 Å². The Balaban J connectivity index is 2.10. The van der Waals surface area contributed by atoms with Crippen LogP contribution in [0.1, 0.15) is 66.0 Å². The molecule has 2 N–H and O–H groups in total. The topological polar surface area (TPSA) is 76.7 Å². The van der Waals surface area contributed by atoms with Crippen LogP contribution in [-0.2, 0) is 4.79 Å². The first-order valence-corrected chi connectivity index (χ1v) is 11.0. The van der Waals surface area contributed by atoms with Gasteiger partial charge in [-0.1, -0.05) is 66.2 Å². The highest BCUT2D eigenvalue weighted by Gasteiger charge is 2.29. The molecule has 1 unspecified atom stereocenters. The van der Waals surface area contributed by atoms with E-state index in [1.807, 2.05) is 38.1 Å². The summed E-state index contributed by atoms with van der Waals surface area (Å²) in [6.45, 7) is 12.1. The van der Waals surface area contributed by atoms with Gasteiger partial charge < -0.3 is 20.1 Å². The number of carbonyl (C=O) groups excluding carboxylic acids is 2. The lowest BCUT2D eigenvalue weighted by molar-refractivity contribution is -0.124. The first-order valence-electron chi connectivity index (χ1n) is 11.0. The summed E-state index contributed by atoms with van der Waals surface area (Å²) >= 11 is 0. The van der Waals surface area contributed by atoms with Crippen molar-refractivity contribution in [3.8, 4) is 11.5 Å². The van der Waals surface area contributed by atoms with E-state index in [-0.39, 0.29) is 17.4 Å². The fourth-order valence-corrected chi connectivity index (χ4v) is 3.53. The van der Waals surface area contributed by atoms with Crippen LogP contribution in [0.4, 0.5) is 10.5 Å². The third-order valence-corrected chi connectivity index (χ3v) is 5.37. The zero-order valence-electron chi connectivity index (χ0n) is 20.2. The first-order chi connectivity index (χ1) is 15.0. The van der Waals surface area contributed by atoms with Crippen LogP contribution in [0.25, 0.3) is 0 Å². The Morgan fingerprint density at radius 3 is 2.19 bits per heavy atom. The van der Waals surface area contributed by atoms with Crippen molar-refractivity contribution in [1.82, 2.24) is 5.32 Å². The smallest absolute Gasteiger partial charge is 0.413 e. The normalized spacial score (nSPS) is 12.6. The summed E-state index contributed by atoms with van der Waals surface area (Å²) in [6.07, 6.45) is 1.15. The second-order valence-electron chi connectivity index (χ2n) is 9.72. The fraction of sp³-hybridized carbons (Fsp3) is 0.462. The maximum absolute atomic E-state index is 12.7. The molecular weight excluding hydrogens is 404 g/mol. The summed E-state index contributed by atoms with van der Waals surface area (Å²) in [5.41, 5.74) is 0.830. The number of rotatable bonds is 8. The van der Waals surface area contributed by atoms with Gasteiger partial charge in [0.2, 0.25) is 5.91 Å². The molecule has 2 aromatic rings. The maximum atomic E-state index is 12.7. The Labute approximate surface area is 191 Å². The molecule has 0 aliphatic carbocycles. The first kappa shape index (κ1) is 25.2. The molecule has 0 saturated heterocycles. The number of carbonyl (C=O) groups is 2. The van der Waals surface area contributed by atoms with E-state index in [0.717, 1.165) is 24.2 Å². The highest BCUT2D eigenvalue weighted by Crippen LogP contribution is 2.34. The van der Waals surface area contributed by atoms with E-state index in [1.165, 1.54) is 0 Å². The van der Waals surface area contributed by atoms with Crippen molar-refractivity contribution in [3.05, 3.63) is 54.1 Å². The molecule has 2 amide bonds. The van der Waals surface area contributed by atoms with E-state index in [4.69, 9.17) is 9.47 Å². The van der Waals surface area contributed by atoms with Crippen molar-refractivity contribution in [3.63, 3.8) is 0 Å². The largest absolute Gasteiger partial charge is 0.497 e. The molecule has 174 valence electrons. The Kier molecular flexibility index (Phi) is 8.31. The number of benzene rings is 2. The minimum Gasteiger partial charge on any atom is -0.497 e. The third-order valence-electron chi connectivity index (χ3n) is 5.37. The lowest BCUT2D eigenvalue weighted by atomic mass is 9.82. The predicted molar refractivity (Wildman–Crippen MR) is 128 cm³/mol. The SMILES string of the molecule is CCCC(C)(C)C(=O)Nc1cccc(OC(=O)NC(c2ccc(OC)cc2)C(C)(C)C)c1. The van der Waals surface area contributed by atoms with Gasteiger partial charge in [-0.2, -0.15) is 0 Å². The van der Waals surface area contributed by atoms with Gasteiger partial charge in [-0.05, 0) is 41.7 Å². The zero-order chi connectivity index (χ0) is 23.9. The summed E-state index contributed by atoms with van der Waals surface area (Å²) in [4.78, 5) is 25.3. The van der Waals surface area contributed by atoms with Gasteiger partial charge in [0.25, 0.3) is 0 Å². The number of hydrogen-bond donors (Lipinski definition) is 2. The van der Waals surface area contributed by atoms with Gasteiger partial charge in [-0.25, -0.2) is 4.79 Å². The molecule has 0 aliphatic rings. The number of methoxy groups -OCH3 is 1. The molecule has 6 nitrogen and oxygen atoms in total. The van der Waals surface area contributed by atoms with Crippen LogP contribution in [0.2, 0.25) is 0 Å². The maximum Gasteiger partial charge on any atom is 0.413 e. The molecule has 0 aliphatic heterocycles. The quantitative estimate of drug-likeness (QED) is 0.502. The van der Waals surface area contributed by atoms with Crippen molar-refractivity contribution in [2.75, 3.05) is 12.4 Å². The van der Waals surface area contributed by atoms with Gasteiger partial charge in [-0.3, -0.25) is 4.79 Å². The number of nitrogens with one attached hydrogen (secondary N) is 2. The van der Waals surface area contributed by atoms with Crippen LogP contribution in [0.3, 0.4) is 0 Å². The second-order valence-corrected chi connectivity index (χ2v) is 9.72. The second kappa shape index (κ2) is 10.5. The van der Waals surface area contributed by atoms with Crippen LogP contribution in [0.15, 0.2) is 48.5 Å². The molecule has 0 heterocycles. The highest BCUT2D eigenvalue weighted by molar-refractivity contribution is 5.95. The van der Waals surface area contributed by atoms with E-state index in [0.29, 0.717) is 11.4 Å². The summed E-state index contributed by atoms with van der Waals surface area (Å²) in [5, 5.41) is 5.89. The Hall–Kier alpha value is -3.02. The number of hydrogen-bond acceptors (Lipinski definition) is 4. The van der Waals surface area contributed by atoms with Gasteiger partial charge >= 0.3 is 6.09 Å². The van der Waals surface area contributed by atoms with E-state index in [2.05, 4.69) is 38.3 Å². The van der Waals surface area contributed by atoms with Gasteiger partial charge in [0.1, 0.15) is 11.5 Å². The predicted octanol–water partition coefficient (Wildman–Crippen LogP) is 6.34. The minimum absolute atomic E-state index is 0.0618. The van der Waals surface area contributed by atoms with Gasteiger partial charge in [0.15, 0.2) is 0 Å². The minimum atomic E-state index is -0.560. The highest BCUT2D eigenvalue weighted by atomic mass is 16.6. The fourth-order valence-electron chi connectivity index (χ4n) is 3.53. The molecular formula is C26H36N2O4. The van der Waals surface area contributed by atoms with Crippen molar-refractivity contribution in [1.29, 1.82) is 0 Å². The van der Waals surface area contributed by atoms with Gasteiger partial charge in [0.05, 0.1) is 13.2 Å². The van der Waals surface area contributed by atoms with Crippen LogP contribution < -0.4 is 20.1 Å². The van der Waals surface area contributed by atoms with Crippen molar-refractivity contribution in [2.45, 2.75) is 60.4 Å². The van der Waals surface area contributed by atoms with Crippen molar-refractivity contribution in [2.24, 2.45) is 10.8 Å². The Morgan fingerprint density at radius 1 is 0.969 bits per heavy atom. The van der Waals surface area contributed by atoms with E-state index in [1.54, 1.807) is 31.4 Å². The van der Waals surface area contributed by atoms with Crippen molar-refractivity contribution < 1.29 is 19.1 Å². The number of amides is 2. The Bertz CT molecular complexity index is 914. The molecule has 0 radical (unpaired) electrons. The third kappa shape index (κ3) is 7.01. The molecule has 0 spiro atoms. The number of ether oxygens (including phenoxy) is 2. The van der Waals surface area contributed by atoms with Crippen LogP contribution in [-0.4, -0.2) is 19.1 Å². The lowest BCUT2D eigenvalue weighted by Gasteiger charge is -2.31. The molecule has 1 atom stereocenters. The Morgan fingerprint density at radius 2 is 1.62 bits per heavy atom. The zero-order valence-corrected chi connectivity index (χ0v) is 20.2. The van der Waals surface area contributed by atoms with Gasteiger partial charge in [-0.15, -0.1) is 0 Å². The molecule has 0 aromatic heterocycles. The lowest BCUT2D eigenvalue weighted by Crippen LogP contribution is -2.38. The average molecular weight is 441 g/mol. The summed E-state index contributed by atoms with van der Waals surface area (Å²) in [7, 11) is 1.62. The summed E-state index contributed by atoms with van der Waals surface area (Å²) in [5.74, 6) is 1.05. The summed E-state index contributed by atoms with van der Waals surface area (Å²) < 4.78 is 10.8. The molecule has 0 saturated carbocycles. The van der Waals surface area contributed by atoms with Crippen molar-refractivity contribution >= 4 is 17.7 Å². The van der Waals surface area contributed by atoms with E-state index < -0.39 is 11.5 Å². The molecule has 2 rings (SSSR count). The molecule has 2 aromatic carbocycles. The van der Waals surface area contributed by atoms with Gasteiger partial charge in [0, 0.05) is 17.2 Å². The molecule has 0 bridgehead atoms. The molecule has 6 heteroatoms. The van der Waals surface area contributed by atoms with Crippen LogP contribution in [0, 0.1) is 10.8 Å². The molecule has 32 heavy (non-hydrogen) atoms. The van der Waals surface area contributed by atoms with Crippen LogP contribution >= 0.6 is 0 Å².